The Bertz CT molecular complexity index is 1110. The zero-order valence-electron chi connectivity index (χ0n) is 18.7. The molecule has 9 nitrogen and oxygen atoms in total. The Morgan fingerprint density at radius 1 is 1.03 bits per heavy atom. The Labute approximate surface area is 197 Å². The van der Waals surface area contributed by atoms with Gasteiger partial charge in [-0.05, 0) is 59.9 Å². The molecule has 0 aliphatic carbocycles. The van der Waals surface area contributed by atoms with Crippen LogP contribution >= 0.6 is 0 Å². The SMILES string of the molecule is N#C/C(=C\c1ccc2cc(N3CCCCC3)ccc2c1)C(=O)NCC1O[C@@H](O)C(O)C(O)C1O. The average molecular weight is 468 g/mol. The van der Waals surface area contributed by atoms with E-state index in [1.54, 1.807) is 0 Å². The van der Waals surface area contributed by atoms with Crippen LogP contribution in [0, 0.1) is 11.3 Å². The average Bonchev–Trinajstić information content (AvgIpc) is 2.87. The minimum Gasteiger partial charge on any atom is -0.388 e. The first kappa shape index (κ1) is 24.1. The summed E-state index contributed by atoms with van der Waals surface area (Å²) in [4.78, 5) is 14.9. The van der Waals surface area contributed by atoms with Crippen molar-refractivity contribution in [2.24, 2.45) is 0 Å². The Kier molecular flexibility index (Phi) is 7.46. The maximum atomic E-state index is 12.5. The van der Waals surface area contributed by atoms with Gasteiger partial charge in [-0.3, -0.25) is 4.79 Å². The molecule has 2 aromatic rings. The standard InChI is InChI=1S/C25H29N3O6/c26-13-18(24(32)27-14-20-21(29)22(30)23(31)25(33)34-20)11-15-4-5-17-12-19(7-6-16(17)10-15)28-8-2-1-3-9-28/h4-7,10-12,20-23,25,29-31,33H,1-3,8-9,14H2,(H,27,32)/b18-11+/t20?,21?,22?,23?,25-/m1/s1. The molecule has 34 heavy (non-hydrogen) atoms. The number of rotatable bonds is 5. The van der Waals surface area contributed by atoms with Crippen molar-refractivity contribution in [2.45, 2.75) is 50.0 Å². The van der Waals surface area contributed by atoms with Crippen LogP contribution < -0.4 is 10.2 Å². The van der Waals surface area contributed by atoms with Crippen molar-refractivity contribution in [3.63, 3.8) is 0 Å². The van der Waals surface area contributed by atoms with Gasteiger partial charge in [0.25, 0.3) is 5.91 Å². The number of anilines is 1. The van der Waals surface area contributed by atoms with E-state index in [2.05, 4.69) is 22.3 Å². The predicted molar refractivity (Wildman–Crippen MR) is 126 cm³/mol. The van der Waals surface area contributed by atoms with Crippen LogP contribution in [0.4, 0.5) is 5.69 Å². The number of benzene rings is 2. The van der Waals surface area contributed by atoms with Crippen molar-refractivity contribution < 1.29 is 30.0 Å². The van der Waals surface area contributed by atoms with E-state index in [4.69, 9.17) is 4.74 Å². The number of nitrogens with one attached hydrogen (secondary N) is 1. The number of aliphatic hydroxyl groups is 4. The number of hydrogen-bond acceptors (Lipinski definition) is 8. The van der Waals surface area contributed by atoms with E-state index in [9.17, 15) is 30.5 Å². The molecule has 2 fully saturated rings. The van der Waals surface area contributed by atoms with Gasteiger partial charge in [0.1, 0.15) is 36.1 Å². The molecule has 2 aliphatic heterocycles. The van der Waals surface area contributed by atoms with Gasteiger partial charge in [-0.25, -0.2) is 0 Å². The summed E-state index contributed by atoms with van der Waals surface area (Å²) in [5.41, 5.74) is 1.74. The van der Waals surface area contributed by atoms with Crippen LogP contribution in [0.3, 0.4) is 0 Å². The highest BCUT2D eigenvalue weighted by Crippen LogP contribution is 2.26. The number of nitriles is 1. The number of nitrogens with zero attached hydrogens (tertiary/aromatic N) is 2. The summed E-state index contributed by atoms with van der Waals surface area (Å²) in [6, 6.07) is 13.9. The molecule has 5 N–H and O–H groups in total. The first-order valence-corrected chi connectivity index (χ1v) is 11.4. The summed E-state index contributed by atoms with van der Waals surface area (Å²) in [7, 11) is 0. The fourth-order valence-corrected chi connectivity index (χ4v) is 4.39. The van der Waals surface area contributed by atoms with E-state index >= 15 is 0 Å². The number of piperidine rings is 1. The summed E-state index contributed by atoms with van der Waals surface area (Å²) in [5, 5.41) is 52.9. The van der Waals surface area contributed by atoms with Crippen LogP contribution in [0.1, 0.15) is 24.8 Å². The van der Waals surface area contributed by atoms with Gasteiger partial charge in [0.05, 0.1) is 0 Å². The lowest BCUT2D eigenvalue weighted by Gasteiger charge is -2.38. The summed E-state index contributed by atoms with van der Waals surface area (Å²) in [6.07, 6.45) is -2.47. The second-order valence-corrected chi connectivity index (χ2v) is 8.76. The molecule has 0 saturated carbocycles. The van der Waals surface area contributed by atoms with Gasteiger partial charge < -0.3 is 35.4 Å². The van der Waals surface area contributed by atoms with Crippen LogP contribution in [0.25, 0.3) is 16.8 Å². The Balaban J connectivity index is 1.44. The van der Waals surface area contributed by atoms with E-state index in [1.165, 1.54) is 31.0 Å². The lowest BCUT2D eigenvalue weighted by atomic mass is 9.99. The molecule has 0 spiro atoms. The first-order chi connectivity index (χ1) is 16.4. The minimum absolute atomic E-state index is 0.143. The van der Waals surface area contributed by atoms with Crippen LogP contribution in [0.5, 0.6) is 0 Å². The van der Waals surface area contributed by atoms with Crippen LogP contribution in [0.2, 0.25) is 0 Å². The summed E-state index contributed by atoms with van der Waals surface area (Å²) >= 11 is 0. The molecule has 2 aromatic carbocycles. The topological polar surface area (TPSA) is 146 Å². The van der Waals surface area contributed by atoms with Gasteiger partial charge >= 0.3 is 0 Å². The van der Waals surface area contributed by atoms with Gasteiger partial charge in [-0.1, -0.05) is 18.2 Å². The van der Waals surface area contributed by atoms with E-state index in [-0.39, 0.29) is 12.1 Å². The highest BCUT2D eigenvalue weighted by molar-refractivity contribution is 6.02. The minimum atomic E-state index is -1.70. The van der Waals surface area contributed by atoms with Crippen molar-refractivity contribution >= 4 is 28.4 Å². The number of carbonyl (C=O) groups excluding carboxylic acids is 1. The summed E-state index contributed by atoms with van der Waals surface area (Å²) < 4.78 is 5.04. The lowest BCUT2D eigenvalue weighted by molar-refractivity contribution is -0.280. The molecule has 1 amide bonds. The molecule has 180 valence electrons. The number of hydrogen-bond donors (Lipinski definition) is 5. The van der Waals surface area contributed by atoms with Crippen molar-refractivity contribution in [1.29, 1.82) is 5.26 Å². The molecule has 0 radical (unpaired) electrons. The molecule has 2 aliphatic rings. The Morgan fingerprint density at radius 2 is 1.74 bits per heavy atom. The van der Waals surface area contributed by atoms with Crippen molar-refractivity contribution in [1.82, 2.24) is 5.32 Å². The molecular weight excluding hydrogens is 438 g/mol. The van der Waals surface area contributed by atoms with Crippen molar-refractivity contribution in [2.75, 3.05) is 24.5 Å². The van der Waals surface area contributed by atoms with Gasteiger partial charge in [0.15, 0.2) is 6.29 Å². The third-order valence-electron chi connectivity index (χ3n) is 6.40. The highest BCUT2D eigenvalue weighted by Gasteiger charge is 2.42. The molecule has 4 rings (SSSR count). The van der Waals surface area contributed by atoms with Gasteiger partial charge in [0, 0.05) is 25.3 Å². The fraction of sp³-hybridized carbons (Fsp3) is 0.440. The highest BCUT2D eigenvalue weighted by atomic mass is 16.6. The summed E-state index contributed by atoms with van der Waals surface area (Å²) in [5.74, 6) is -0.686. The zero-order valence-corrected chi connectivity index (χ0v) is 18.7. The molecular formula is C25H29N3O6. The molecule has 4 unspecified atom stereocenters. The molecule has 0 aromatic heterocycles. The van der Waals surface area contributed by atoms with Gasteiger partial charge in [-0.15, -0.1) is 0 Å². The van der Waals surface area contributed by atoms with E-state index in [0.717, 1.165) is 23.9 Å². The van der Waals surface area contributed by atoms with Crippen LogP contribution in [-0.2, 0) is 9.53 Å². The maximum Gasteiger partial charge on any atom is 0.262 e. The third kappa shape index (κ3) is 5.22. The van der Waals surface area contributed by atoms with Gasteiger partial charge in [-0.2, -0.15) is 5.26 Å². The Morgan fingerprint density at radius 3 is 2.47 bits per heavy atom. The molecule has 9 heteroatoms. The molecule has 2 saturated heterocycles. The molecule has 0 bridgehead atoms. The van der Waals surface area contributed by atoms with E-state index < -0.39 is 36.6 Å². The summed E-state index contributed by atoms with van der Waals surface area (Å²) in [6.45, 7) is 1.86. The number of carbonyl (C=O) groups is 1. The second kappa shape index (κ2) is 10.5. The van der Waals surface area contributed by atoms with Crippen LogP contribution in [-0.4, -0.2) is 76.7 Å². The molecule has 5 atom stereocenters. The normalized spacial score (nSPS) is 27.9. The van der Waals surface area contributed by atoms with Crippen molar-refractivity contribution in [3.05, 3.63) is 47.5 Å². The third-order valence-corrected chi connectivity index (χ3v) is 6.40. The number of amides is 1. The van der Waals surface area contributed by atoms with E-state index in [1.807, 2.05) is 30.3 Å². The lowest BCUT2D eigenvalue weighted by Crippen LogP contribution is -2.60. The predicted octanol–water partition coefficient (Wildman–Crippen LogP) is 0.653. The first-order valence-electron chi connectivity index (χ1n) is 11.4. The van der Waals surface area contributed by atoms with E-state index in [0.29, 0.717) is 5.56 Å². The Hall–Kier alpha value is -3.00. The smallest absolute Gasteiger partial charge is 0.262 e. The zero-order chi connectivity index (χ0) is 24.2. The number of ether oxygens (including phenoxy) is 1. The number of fused-ring (bicyclic) bond motifs is 1. The van der Waals surface area contributed by atoms with Gasteiger partial charge in [0.2, 0.25) is 0 Å². The maximum absolute atomic E-state index is 12.5. The largest absolute Gasteiger partial charge is 0.388 e. The van der Waals surface area contributed by atoms with Crippen molar-refractivity contribution in [3.8, 4) is 6.07 Å². The monoisotopic (exact) mass is 467 g/mol. The van der Waals surface area contributed by atoms with Crippen LogP contribution in [0.15, 0.2) is 42.0 Å². The fourth-order valence-electron chi connectivity index (χ4n) is 4.39. The quantitative estimate of drug-likeness (QED) is 0.318. The second-order valence-electron chi connectivity index (χ2n) is 8.76. The molecule has 2 heterocycles. The number of aliphatic hydroxyl groups excluding tert-OH is 4.